The minimum absolute atomic E-state index is 0.0389. The number of nitro benzene ring substituents is 1. The van der Waals surface area contributed by atoms with Crippen molar-refractivity contribution in [3.63, 3.8) is 0 Å². The first-order valence-electron chi connectivity index (χ1n) is 9.60. The van der Waals surface area contributed by atoms with Crippen molar-refractivity contribution in [1.29, 1.82) is 0 Å². The Morgan fingerprint density at radius 1 is 0.967 bits per heavy atom. The van der Waals surface area contributed by atoms with Gasteiger partial charge < -0.3 is 14.5 Å². The predicted octanol–water partition coefficient (Wildman–Crippen LogP) is 0.732. The van der Waals surface area contributed by atoms with E-state index in [4.69, 9.17) is 4.74 Å². The Balaban J connectivity index is 1.62. The lowest BCUT2D eigenvalue weighted by Gasteiger charge is -2.37. The summed E-state index contributed by atoms with van der Waals surface area (Å²) in [6.07, 6.45) is 3.36. The van der Waals surface area contributed by atoms with E-state index in [2.05, 4.69) is 9.97 Å². The molecule has 2 fully saturated rings. The van der Waals surface area contributed by atoms with Crippen molar-refractivity contribution in [3.8, 4) is 0 Å². The molecule has 160 valence electrons. The highest BCUT2D eigenvalue weighted by atomic mass is 32.2. The van der Waals surface area contributed by atoms with Crippen molar-refractivity contribution in [2.75, 3.05) is 62.3 Å². The van der Waals surface area contributed by atoms with Crippen LogP contribution >= 0.6 is 0 Å². The molecule has 2 aromatic rings. The molecule has 2 saturated heterocycles. The number of nitro groups is 1. The van der Waals surface area contributed by atoms with Gasteiger partial charge in [0.2, 0.25) is 16.0 Å². The Morgan fingerprint density at radius 2 is 1.60 bits per heavy atom. The number of hydrogen-bond acceptors (Lipinski definition) is 9. The molecular weight excluding hydrogens is 412 g/mol. The van der Waals surface area contributed by atoms with Crippen molar-refractivity contribution in [3.05, 3.63) is 46.8 Å². The van der Waals surface area contributed by atoms with Gasteiger partial charge in [-0.25, -0.2) is 18.4 Å². The van der Waals surface area contributed by atoms with Crippen molar-refractivity contribution in [1.82, 2.24) is 14.3 Å². The first-order valence-corrected chi connectivity index (χ1v) is 11.0. The van der Waals surface area contributed by atoms with Crippen LogP contribution in [-0.2, 0) is 14.8 Å². The van der Waals surface area contributed by atoms with Crippen LogP contribution in [0.15, 0.2) is 41.6 Å². The quantitative estimate of drug-likeness (QED) is 0.495. The molecule has 0 spiro atoms. The van der Waals surface area contributed by atoms with Crippen LogP contribution in [0.3, 0.4) is 0 Å². The molecule has 1 aromatic carbocycles. The number of benzene rings is 1. The molecule has 0 bridgehead atoms. The summed E-state index contributed by atoms with van der Waals surface area (Å²) in [7, 11) is -3.89. The van der Waals surface area contributed by atoms with Gasteiger partial charge in [-0.05, 0) is 12.1 Å². The van der Waals surface area contributed by atoms with Gasteiger partial charge in [-0.1, -0.05) is 0 Å². The minimum Gasteiger partial charge on any atom is -0.379 e. The monoisotopic (exact) mass is 434 g/mol. The van der Waals surface area contributed by atoms with Gasteiger partial charge in [0, 0.05) is 63.8 Å². The highest BCUT2D eigenvalue weighted by molar-refractivity contribution is 7.89. The van der Waals surface area contributed by atoms with Crippen LogP contribution in [-0.4, -0.2) is 80.1 Å². The van der Waals surface area contributed by atoms with Gasteiger partial charge >= 0.3 is 0 Å². The van der Waals surface area contributed by atoms with Crippen LogP contribution in [0, 0.1) is 10.1 Å². The Bertz CT molecular complexity index is 1000. The van der Waals surface area contributed by atoms with Gasteiger partial charge in [-0.3, -0.25) is 10.1 Å². The van der Waals surface area contributed by atoms with E-state index >= 15 is 0 Å². The number of nitrogens with zero attached hydrogens (tertiary/aromatic N) is 6. The van der Waals surface area contributed by atoms with Crippen LogP contribution in [0.25, 0.3) is 0 Å². The van der Waals surface area contributed by atoms with Crippen LogP contribution in [0.2, 0.25) is 0 Å². The normalized spacial score (nSPS) is 18.4. The van der Waals surface area contributed by atoms with E-state index in [1.807, 2.05) is 9.80 Å². The van der Waals surface area contributed by atoms with E-state index < -0.39 is 14.9 Å². The summed E-state index contributed by atoms with van der Waals surface area (Å²) >= 11 is 0. The molecule has 4 rings (SSSR count). The van der Waals surface area contributed by atoms with Crippen LogP contribution in [0.4, 0.5) is 17.3 Å². The second-order valence-electron chi connectivity index (χ2n) is 6.95. The molecule has 0 N–H and O–H groups in total. The average molecular weight is 434 g/mol. The molecule has 0 amide bonds. The van der Waals surface area contributed by atoms with E-state index in [1.54, 1.807) is 18.5 Å². The standard InChI is InChI=1S/C18H22N6O5S/c25-24(26)15-2-3-16(17(14-15)30(27,28)23-10-12-29-13-11-23)21-6-8-22(9-7-21)18-19-4-1-5-20-18/h1-5,14H,6-13H2. The van der Waals surface area contributed by atoms with Crippen LogP contribution in [0.5, 0.6) is 0 Å². The number of morpholine rings is 1. The van der Waals surface area contributed by atoms with Gasteiger partial charge in [0.25, 0.3) is 5.69 Å². The SMILES string of the molecule is O=[N+]([O-])c1ccc(N2CCN(c3ncccn3)CC2)c(S(=O)(=O)N2CCOCC2)c1. The maximum absolute atomic E-state index is 13.3. The highest BCUT2D eigenvalue weighted by Gasteiger charge is 2.32. The van der Waals surface area contributed by atoms with Gasteiger partial charge in [-0.15, -0.1) is 0 Å². The topological polar surface area (TPSA) is 122 Å². The zero-order valence-corrected chi connectivity index (χ0v) is 17.1. The summed E-state index contributed by atoms with van der Waals surface area (Å²) in [5.41, 5.74) is 0.225. The number of rotatable bonds is 5. The van der Waals surface area contributed by atoms with Gasteiger partial charge in [0.15, 0.2) is 0 Å². The number of anilines is 2. The third kappa shape index (κ3) is 4.06. The third-order valence-electron chi connectivity index (χ3n) is 5.20. The van der Waals surface area contributed by atoms with E-state index in [-0.39, 0.29) is 23.7 Å². The molecule has 30 heavy (non-hydrogen) atoms. The average Bonchev–Trinajstić information content (AvgIpc) is 2.80. The maximum atomic E-state index is 13.3. The molecule has 3 heterocycles. The summed E-state index contributed by atoms with van der Waals surface area (Å²) in [4.78, 5) is 23.2. The molecule has 0 saturated carbocycles. The third-order valence-corrected chi connectivity index (χ3v) is 7.13. The number of piperazine rings is 1. The maximum Gasteiger partial charge on any atom is 0.270 e. The summed E-state index contributed by atoms with van der Waals surface area (Å²) in [5, 5.41) is 11.3. The lowest BCUT2D eigenvalue weighted by molar-refractivity contribution is -0.385. The summed E-state index contributed by atoms with van der Waals surface area (Å²) in [6.45, 7) is 3.37. The predicted molar refractivity (Wildman–Crippen MR) is 109 cm³/mol. The summed E-state index contributed by atoms with van der Waals surface area (Å²) in [6, 6.07) is 5.78. The van der Waals surface area contributed by atoms with Crippen molar-refractivity contribution in [2.24, 2.45) is 0 Å². The Morgan fingerprint density at radius 3 is 2.23 bits per heavy atom. The zero-order chi connectivity index (χ0) is 21.1. The Kier molecular flexibility index (Phi) is 5.79. The van der Waals surface area contributed by atoms with E-state index in [0.29, 0.717) is 51.0 Å². The summed E-state index contributed by atoms with van der Waals surface area (Å²) < 4.78 is 33.2. The fourth-order valence-corrected chi connectivity index (χ4v) is 5.25. The minimum atomic E-state index is -3.89. The highest BCUT2D eigenvalue weighted by Crippen LogP contribution is 2.32. The first-order chi connectivity index (χ1) is 14.5. The second kappa shape index (κ2) is 8.50. The number of aromatic nitrogens is 2. The Hall–Kier alpha value is -2.83. The molecule has 12 heteroatoms. The van der Waals surface area contributed by atoms with Crippen LogP contribution < -0.4 is 9.80 Å². The molecule has 2 aliphatic heterocycles. The number of non-ortho nitro benzene ring substituents is 1. The smallest absolute Gasteiger partial charge is 0.270 e. The molecule has 0 radical (unpaired) electrons. The van der Waals surface area contributed by atoms with Crippen molar-refractivity contribution in [2.45, 2.75) is 4.90 Å². The molecule has 1 aromatic heterocycles. The molecule has 2 aliphatic rings. The van der Waals surface area contributed by atoms with Gasteiger partial charge in [-0.2, -0.15) is 4.31 Å². The largest absolute Gasteiger partial charge is 0.379 e. The molecular formula is C18H22N6O5S. The lowest BCUT2D eigenvalue weighted by atomic mass is 10.2. The number of sulfonamides is 1. The van der Waals surface area contributed by atoms with Gasteiger partial charge in [0.05, 0.1) is 23.8 Å². The lowest BCUT2D eigenvalue weighted by Crippen LogP contribution is -2.48. The molecule has 11 nitrogen and oxygen atoms in total. The summed E-state index contributed by atoms with van der Waals surface area (Å²) in [5.74, 6) is 0.627. The van der Waals surface area contributed by atoms with E-state index in [9.17, 15) is 18.5 Å². The number of hydrogen-bond donors (Lipinski definition) is 0. The zero-order valence-electron chi connectivity index (χ0n) is 16.3. The molecule has 0 unspecified atom stereocenters. The van der Waals surface area contributed by atoms with Crippen LogP contribution in [0.1, 0.15) is 0 Å². The second-order valence-corrected chi connectivity index (χ2v) is 8.85. The molecule has 0 atom stereocenters. The first kappa shape index (κ1) is 20.4. The van der Waals surface area contributed by atoms with Crippen molar-refractivity contribution >= 4 is 27.3 Å². The fraction of sp³-hybridized carbons (Fsp3) is 0.444. The molecule has 0 aliphatic carbocycles. The Labute approximate surface area is 174 Å². The van der Waals surface area contributed by atoms with Gasteiger partial charge in [0.1, 0.15) is 4.90 Å². The fourth-order valence-electron chi connectivity index (χ4n) is 3.61. The van der Waals surface area contributed by atoms with E-state index in [0.717, 1.165) is 6.07 Å². The number of ether oxygens (including phenoxy) is 1. The van der Waals surface area contributed by atoms with Crippen molar-refractivity contribution < 1.29 is 18.1 Å². The van der Waals surface area contributed by atoms with E-state index in [1.165, 1.54) is 16.4 Å².